The van der Waals surface area contributed by atoms with Crippen molar-refractivity contribution >= 4 is 12.0 Å². The van der Waals surface area contributed by atoms with Gasteiger partial charge in [0.2, 0.25) is 12.7 Å². The molecule has 1 N–H and O–H groups in total. The van der Waals surface area contributed by atoms with E-state index < -0.39 is 0 Å². The molecule has 0 radical (unpaired) electrons. The summed E-state index contributed by atoms with van der Waals surface area (Å²) in [4.78, 5) is 14.5. The van der Waals surface area contributed by atoms with E-state index >= 15 is 0 Å². The summed E-state index contributed by atoms with van der Waals surface area (Å²) in [6.07, 6.45) is 3.94. The SMILES string of the molecule is CN(C)CCC(NC(=O)/C=C/c1ccc2c(c1)OCO2)c1ccc(F)cc1. The number of hydrogen-bond acceptors (Lipinski definition) is 4. The first kappa shape index (κ1) is 18.9. The number of fused-ring (bicyclic) bond motifs is 1. The summed E-state index contributed by atoms with van der Waals surface area (Å²) in [7, 11) is 3.95. The molecular weight excluding hydrogens is 347 g/mol. The Morgan fingerprint density at radius 3 is 2.67 bits per heavy atom. The van der Waals surface area contributed by atoms with Gasteiger partial charge in [0.05, 0.1) is 6.04 Å². The van der Waals surface area contributed by atoms with Crippen LogP contribution in [0.1, 0.15) is 23.6 Å². The molecule has 0 spiro atoms. The lowest BCUT2D eigenvalue weighted by Gasteiger charge is -2.20. The second-order valence-electron chi connectivity index (χ2n) is 6.65. The molecule has 1 atom stereocenters. The molecule has 2 aromatic carbocycles. The highest BCUT2D eigenvalue weighted by Gasteiger charge is 2.15. The monoisotopic (exact) mass is 370 g/mol. The molecule has 142 valence electrons. The van der Waals surface area contributed by atoms with Crippen molar-refractivity contribution in [1.82, 2.24) is 10.2 Å². The highest BCUT2D eigenvalue weighted by Crippen LogP contribution is 2.32. The zero-order chi connectivity index (χ0) is 19.2. The van der Waals surface area contributed by atoms with Crippen LogP contribution in [0, 0.1) is 5.82 Å². The number of amides is 1. The molecule has 1 aliphatic heterocycles. The summed E-state index contributed by atoms with van der Waals surface area (Å²) in [6.45, 7) is 1.02. The van der Waals surface area contributed by atoms with Crippen LogP contribution in [0.25, 0.3) is 6.08 Å². The zero-order valence-electron chi connectivity index (χ0n) is 15.4. The van der Waals surface area contributed by atoms with E-state index in [1.54, 1.807) is 18.2 Å². The van der Waals surface area contributed by atoms with Crippen molar-refractivity contribution < 1.29 is 18.7 Å². The fourth-order valence-electron chi connectivity index (χ4n) is 2.81. The molecule has 1 amide bonds. The van der Waals surface area contributed by atoms with E-state index in [-0.39, 0.29) is 24.6 Å². The van der Waals surface area contributed by atoms with Crippen LogP contribution < -0.4 is 14.8 Å². The van der Waals surface area contributed by atoms with E-state index in [2.05, 4.69) is 5.32 Å². The minimum absolute atomic E-state index is 0.193. The first-order valence-corrected chi connectivity index (χ1v) is 8.80. The number of carbonyl (C=O) groups excluding carboxylic acids is 1. The van der Waals surface area contributed by atoms with E-state index in [4.69, 9.17) is 9.47 Å². The molecule has 27 heavy (non-hydrogen) atoms. The van der Waals surface area contributed by atoms with E-state index in [1.165, 1.54) is 18.2 Å². The van der Waals surface area contributed by atoms with Gasteiger partial charge in [0.25, 0.3) is 0 Å². The summed E-state index contributed by atoms with van der Waals surface area (Å²) in [5.41, 5.74) is 1.73. The third-order valence-electron chi connectivity index (χ3n) is 4.28. The largest absolute Gasteiger partial charge is 0.454 e. The Bertz CT molecular complexity index is 819. The van der Waals surface area contributed by atoms with Crippen LogP contribution in [0.5, 0.6) is 11.5 Å². The van der Waals surface area contributed by atoms with Crippen LogP contribution in [-0.4, -0.2) is 38.2 Å². The fraction of sp³-hybridized carbons (Fsp3) is 0.286. The van der Waals surface area contributed by atoms with E-state index in [0.717, 1.165) is 24.1 Å². The van der Waals surface area contributed by atoms with Crippen LogP contribution in [0.15, 0.2) is 48.5 Å². The van der Waals surface area contributed by atoms with Crippen molar-refractivity contribution in [3.8, 4) is 11.5 Å². The smallest absolute Gasteiger partial charge is 0.244 e. The highest BCUT2D eigenvalue weighted by atomic mass is 19.1. The van der Waals surface area contributed by atoms with Crippen molar-refractivity contribution in [2.75, 3.05) is 27.4 Å². The topological polar surface area (TPSA) is 50.8 Å². The minimum Gasteiger partial charge on any atom is -0.454 e. The van der Waals surface area contributed by atoms with Crippen LogP contribution in [0.4, 0.5) is 4.39 Å². The molecule has 0 aliphatic carbocycles. The van der Waals surface area contributed by atoms with Gasteiger partial charge in [-0.3, -0.25) is 4.79 Å². The lowest BCUT2D eigenvalue weighted by Crippen LogP contribution is -2.29. The van der Waals surface area contributed by atoms with Gasteiger partial charge in [0, 0.05) is 6.08 Å². The molecule has 3 rings (SSSR count). The first-order chi connectivity index (χ1) is 13.0. The van der Waals surface area contributed by atoms with Gasteiger partial charge in [-0.05, 0) is 68.5 Å². The fourth-order valence-corrected chi connectivity index (χ4v) is 2.81. The second-order valence-corrected chi connectivity index (χ2v) is 6.65. The number of ether oxygens (including phenoxy) is 2. The molecule has 2 aromatic rings. The number of rotatable bonds is 7. The third-order valence-corrected chi connectivity index (χ3v) is 4.28. The normalized spacial score (nSPS) is 13.9. The number of hydrogen-bond donors (Lipinski definition) is 1. The Morgan fingerprint density at radius 1 is 1.19 bits per heavy atom. The van der Waals surface area contributed by atoms with Gasteiger partial charge < -0.3 is 19.7 Å². The molecule has 0 aromatic heterocycles. The van der Waals surface area contributed by atoms with Crippen molar-refractivity contribution in [2.24, 2.45) is 0 Å². The zero-order valence-corrected chi connectivity index (χ0v) is 15.4. The van der Waals surface area contributed by atoms with Crippen LogP contribution >= 0.6 is 0 Å². The Balaban J connectivity index is 1.66. The van der Waals surface area contributed by atoms with E-state index in [9.17, 15) is 9.18 Å². The Kier molecular flexibility index (Phi) is 6.08. The Morgan fingerprint density at radius 2 is 1.93 bits per heavy atom. The molecule has 6 heteroatoms. The number of halogens is 1. The third kappa shape index (κ3) is 5.31. The number of nitrogens with zero attached hydrogens (tertiary/aromatic N) is 1. The van der Waals surface area contributed by atoms with Crippen LogP contribution in [-0.2, 0) is 4.79 Å². The maximum Gasteiger partial charge on any atom is 0.244 e. The predicted octanol–water partition coefficient (Wildman–Crippen LogP) is 3.38. The average Bonchev–Trinajstić information content (AvgIpc) is 3.12. The molecule has 0 saturated heterocycles. The van der Waals surface area contributed by atoms with Gasteiger partial charge in [-0.25, -0.2) is 4.39 Å². The molecule has 0 saturated carbocycles. The maximum atomic E-state index is 13.2. The van der Waals surface area contributed by atoms with Gasteiger partial charge in [0.1, 0.15) is 5.82 Å². The standard InChI is InChI=1S/C21H23FN2O3/c1-24(2)12-11-18(16-5-7-17(22)8-6-16)23-21(25)10-4-15-3-9-19-20(13-15)27-14-26-19/h3-10,13,18H,11-12,14H2,1-2H3,(H,23,25)/b10-4+. The summed E-state index contributed by atoms with van der Waals surface area (Å²) in [5, 5.41) is 3.00. The van der Waals surface area contributed by atoms with Gasteiger partial charge in [-0.2, -0.15) is 0 Å². The molecule has 0 fully saturated rings. The molecule has 5 nitrogen and oxygen atoms in total. The van der Waals surface area contributed by atoms with Crippen molar-refractivity contribution in [1.29, 1.82) is 0 Å². The summed E-state index contributed by atoms with van der Waals surface area (Å²) in [6, 6.07) is 11.5. The lowest BCUT2D eigenvalue weighted by molar-refractivity contribution is -0.117. The van der Waals surface area contributed by atoms with Crippen molar-refractivity contribution in [3.63, 3.8) is 0 Å². The number of benzene rings is 2. The minimum atomic E-state index is -0.292. The molecule has 1 heterocycles. The van der Waals surface area contributed by atoms with Crippen molar-refractivity contribution in [2.45, 2.75) is 12.5 Å². The number of nitrogens with one attached hydrogen (secondary N) is 1. The van der Waals surface area contributed by atoms with E-state index in [1.807, 2.05) is 37.2 Å². The van der Waals surface area contributed by atoms with Crippen LogP contribution in [0.3, 0.4) is 0 Å². The Hall–Kier alpha value is -2.86. The Labute approximate surface area is 158 Å². The molecule has 1 unspecified atom stereocenters. The second kappa shape index (κ2) is 8.68. The van der Waals surface area contributed by atoms with Crippen molar-refractivity contribution in [3.05, 3.63) is 65.5 Å². The average molecular weight is 370 g/mol. The van der Waals surface area contributed by atoms with Gasteiger partial charge in [-0.15, -0.1) is 0 Å². The molecule has 1 aliphatic rings. The maximum absolute atomic E-state index is 13.2. The lowest BCUT2D eigenvalue weighted by atomic mass is 10.0. The van der Waals surface area contributed by atoms with Gasteiger partial charge >= 0.3 is 0 Å². The van der Waals surface area contributed by atoms with Gasteiger partial charge in [0.15, 0.2) is 11.5 Å². The quantitative estimate of drug-likeness (QED) is 0.759. The predicted molar refractivity (Wildman–Crippen MR) is 102 cm³/mol. The van der Waals surface area contributed by atoms with E-state index in [0.29, 0.717) is 11.5 Å². The molecule has 0 bridgehead atoms. The first-order valence-electron chi connectivity index (χ1n) is 8.80. The summed E-state index contributed by atoms with van der Waals surface area (Å²) < 4.78 is 23.8. The van der Waals surface area contributed by atoms with Crippen LogP contribution in [0.2, 0.25) is 0 Å². The van der Waals surface area contributed by atoms with Gasteiger partial charge in [-0.1, -0.05) is 18.2 Å². The molecular formula is C21H23FN2O3. The summed E-state index contributed by atoms with van der Waals surface area (Å²) >= 11 is 0. The summed E-state index contributed by atoms with van der Waals surface area (Å²) in [5.74, 6) is 0.879. The highest BCUT2D eigenvalue weighted by molar-refractivity contribution is 5.92. The number of carbonyl (C=O) groups is 1.